The van der Waals surface area contributed by atoms with Gasteiger partial charge in [0, 0.05) is 5.38 Å². The van der Waals surface area contributed by atoms with Crippen molar-refractivity contribution in [2.24, 2.45) is 0 Å². The van der Waals surface area contributed by atoms with Crippen LogP contribution in [-0.2, 0) is 0 Å². The Morgan fingerprint density at radius 2 is 2.07 bits per heavy atom. The summed E-state index contributed by atoms with van der Waals surface area (Å²) in [5.41, 5.74) is 1.02. The van der Waals surface area contributed by atoms with Crippen LogP contribution in [0.3, 0.4) is 0 Å². The number of benzene rings is 2. The zero-order chi connectivity index (χ0) is 18.8. The number of carbonyl (C=O) groups is 1. The number of thiazole rings is 1. The third-order valence-corrected chi connectivity index (χ3v) is 4.67. The molecule has 0 atom stereocenters. The Kier molecular flexibility index (Phi) is 4.55. The van der Waals surface area contributed by atoms with Crippen LogP contribution in [-0.4, -0.2) is 27.7 Å². The minimum Gasteiger partial charge on any atom is -0.493 e. The lowest BCUT2D eigenvalue weighted by Crippen LogP contribution is -2.14. The van der Waals surface area contributed by atoms with E-state index in [1.54, 1.807) is 6.07 Å². The maximum absolute atomic E-state index is 12.9. The molecule has 8 heteroatoms. The van der Waals surface area contributed by atoms with E-state index in [9.17, 15) is 4.79 Å². The van der Waals surface area contributed by atoms with Gasteiger partial charge in [0.1, 0.15) is 11.4 Å². The highest BCUT2D eigenvalue weighted by molar-refractivity contribution is 7.09. The van der Waals surface area contributed by atoms with E-state index in [0.717, 1.165) is 15.8 Å². The second kappa shape index (κ2) is 7.16. The predicted molar refractivity (Wildman–Crippen MR) is 103 cm³/mol. The van der Waals surface area contributed by atoms with Crippen LogP contribution >= 0.6 is 11.3 Å². The van der Waals surface area contributed by atoms with Crippen molar-refractivity contribution in [1.29, 1.82) is 0 Å². The second-order valence-corrected chi connectivity index (χ2v) is 6.77. The van der Waals surface area contributed by atoms with Gasteiger partial charge in [0.05, 0.1) is 17.2 Å². The molecule has 0 aliphatic rings. The molecule has 27 heavy (non-hydrogen) atoms. The van der Waals surface area contributed by atoms with Crippen molar-refractivity contribution in [1.82, 2.24) is 15.2 Å². The summed E-state index contributed by atoms with van der Waals surface area (Å²) in [6.07, 6.45) is 0. The molecule has 0 unspecified atom stereocenters. The standard InChI is InChI=1S/C19H16N4O3S/c1-3-25-15-9-8-12-6-4-5-7-13(12)16(15)17(24)21-19-23-22-18(26-19)14-10-27-11(2)20-14/h4-10H,3H2,1-2H3,(H,21,23,24). The molecule has 1 N–H and O–H groups in total. The molecule has 0 aliphatic heterocycles. The quantitative estimate of drug-likeness (QED) is 0.555. The first kappa shape index (κ1) is 17.2. The summed E-state index contributed by atoms with van der Waals surface area (Å²) in [6.45, 7) is 4.21. The number of nitrogens with zero attached hydrogens (tertiary/aromatic N) is 3. The van der Waals surface area contributed by atoms with E-state index in [1.165, 1.54) is 11.3 Å². The number of rotatable bonds is 5. The molecule has 0 spiro atoms. The Balaban J connectivity index is 1.67. The van der Waals surface area contributed by atoms with Crippen LogP contribution in [0, 0.1) is 6.92 Å². The smallest absolute Gasteiger partial charge is 0.322 e. The van der Waals surface area contributed by atoms with Crippen LogP contribution in [0.25, 0.3) is 22.4 Å². The third-order valence-electron chi connectivity index (χ3n) is 3.90. The normalized spacial score (nSPS) is 10.9. The number of nitrogens with one attached hydrogen (secondary N) is 1. The number of hydrogen-bond acceptors (Lipinski definition) is 7. The van der Waals surface area contributed by atoms with Crippen LogP contribution in [0.4, 0.5) is 6.01 Å². The van der Waals surface area contributed by atoms with Crippen molar-refractivity contribution in [2.45, 2.75) is 13.8 Å². The molecule has 0 fully saturated rings. The molecule has 4 aromatic rings. The first-order valence-corrected chi connectivity index (χ1v) is 9.25. The fourth-order valence-corrected chi connectivity index (χ4v) is 3.35. The van der Waals surface area contributed by atoms with Gasteiger partial charge < -0.3 is 9.15 Å². The van der Waals surface area contributed by atoms with E-state index in [4.69, 9.17) is 9.15 Å². The number of aryl methyl sites for hydroxylation is 1. The van der Waals surface area contributed by atoms with Gasteiger partial charge in [-0.3, -0.25) is 10.1 Å². The average molecular weight is 380 g/mol. The zero-order valence-electron chi connectivity index (χ0n) is 14.7. The van der Waals surface area contributed by atoms with E-state index in [-0.39, 0.29) is 17.8 Å². The molecular weight excluding hydrogens is 364 g/mol. The molecule has 0 radical (unpaired) electrons. The van der Waals surface area contributed by atoms with Gasteiger partial charge in [-0.15, -0.1) is 16.4 Å². The van der Waals surface area contributed by atoms with Crippen LogP contribution < -0.4 is 10.1 Å². The van der Waals surface area contributed by atoms with Crippen LogP contribution in [0.1, 0.15) is 22.3 Å². The summed E-state index contributed by atoms with van der Waals surface area (Å²) in [5, 5.41) is 15.0. The number of anilines is 1. The zero-order valence-corrected chi connectivity index (χ0v) is 15.5. The Morgan fingerprint density at radius 3 is 2.85 bits per heavy atom. The van der Waals surface area contributed by atoms with E-state index >= 15 is 0 Å². The van der Waals surface area contributed by atoms with Gasteiger partial charge in [0.25, 0.3) is 11.8 Å². The van der Waals surface area contributed by atoms with Crippen molar-refractivity contribution in [2.75, 3.05) is 11.9 Å². The first-order valence-electron chi connectivity index (χ1n) is 8.37. The van der Waals surface area contributed by atoms with Crippen LogP contribution in [0.15, 0.2) is 46.2 Å². The molecule has 0 bridgehead atoms. The summed E-state index contributed by atoms with van der Waals surface area (Å²) in [6, 6.07) is 11.3. The molecule has 1 amide bonds. The Morgan fingerprint density at radius 1 is 1.22 bits per heavy atom. The van der Waals surface area contributed by atoms with Gasteiger partial charge in [-0.1, -0.05) is 35.4 Å². The maximum atomic E-state index is 12.9. The number of ether oxygens (including phenoxy) is 1. The van der Waals surface area contributed by atoms with Gasteiger partial charge in [-0.25, -0.2) is 4.98 Å². The largest absolute Gasteiger partial charge is 0.493 e. The highest BCUT2D eigenvalue weighted by Crippen LogP contribution is 2.29. The highest BCUT2D eigenvalue weighted by Gasteiger charge is 2.20. The van der Waals surface area contributed by atoms with Crippen molar-refractivity contribution < 1.29 is 13.9 Å². The topological polar surface area (TPSA) is 90.1 Å². The lowest BCUT2D eigenvalue weighted by Gasteiger charge is -2.12. The monoisotopic (exact) mass is 380 g/mol. The van der Waals surface area contributed by atoms with Gasteiger partial charge >= 0.3 is 6.01 Å². The van der Waals surface area contributed by atoms with E-state index in [2.05, 4.69) is 20.5 Å². The number of carbonyl (C=O) groups excluding carboxylic acids is 1. The fraction of sp³-hybridized carbons (Fsp3) is 0.158. The molecule has 2 aromatic heterocycles. The van der Waals surface area contributed by atoms with E-state index in [1.807, 2.05) is 49.6 Å². The third kappa shape index (κ3) is 3.39. The van der Waals surface area contributed by atoms with E-state index < -0.39 is 0 Å². The van der Waals surface area contributed by atoms with Gasteiger partial charge in [0.15, 0.2) is 0 Å². The van der Waals surface area contributed by atoms with Crippen molar-refractivity contribution in [3.8, 4) is 17.3 Å². The lowest BCUT2D eigenvalue weighted by atomic mass is 10.0. The molecule has 4 rings (SSSR count). The molecule has 0 saturated carbocycles. The van der Waals surface area contributed by atoms with Crippen molar-refractivity contribution >= 4 is 34.0 Å². The Bertz CT molecular complexity index is 1120. The SMILES string of the molecule is CCOc1ccc2ccccc2c1C(=O)Nc1nnc(-c2csc(C)n2)o1. The van der Waals surface area contributed by atoms with Crippen molar-refractivity contribution in [3.63, 3.8) is 0 Å². The highest BCUT2D eigenvalue weighted by atomic mass is 32.1. The minimum absolute atomic E-state index is 0.0102. The molecular formula is C19H16N4O3S. The second-order valence-electron chi connectivity index (χ2n) is 5.71. The van der Waals surface area contributed by atoms with Crippen molar-refractivity contribution in [3.05, 3.63) is 52.3 Å². The number of hydrogen-bond donors (Lipinski definition) is 1. The average Bonchev–Trinajstić information content (AvgIpc) is 3.30. The Labute approximate surface area is 159 Å². The van der Waals surface area contributed by atoms with E-state index in [0.29, 0.717) is 23.6 Å². The summed E-state index contributed by atoms with van der Waals surface area (Å²) >= 11 is 1.49. The molecule has 0 saturated heterocycles. The van der Waals surface area contributed by atoms with Crippen LogP contribution in [0.2, 0.25) is 0 Å². The number of fused-ring (bicyclic) bond motifs is 1. The first-order chi connectivity index (χ1) is 13.2. The minimum atomic E-state index is -0.375. The number of amides is 1. The summed E-state index contributed by atoms with van der Waals surface area (Å²) < 4.78 is 11.2. The number of aromatic nitrogens is 3. The predicted octanol–water partition coefficient (Wildman–Crippen LogP) is 4.31. The molecule has 2 aromatic carbocycles. The summed E-state index contributed by atoms with van der Waals surface area (Å²) in [4.78, 5) is 17.2. The van der Waals surface area contributed by atoms with Gasteiger partial charge in [0.2, 0.25) is 0 Å². The van der Waals surface area contributed by atoms with Crippen LogP contribution in [0.5, 0.6) is 5.75 Å². The summed E-state index contributed by atoms with van der Waals surface area (Å²) in [7, 11) is 0. The summed E-state index contributed by atoms with van der Waals surface area (Å²) in [5.74, 6) is 0.390. The van der Waals surface area contributed by atoms with Gasteiger partial charge in [-0.05, 0) is 30.7 Å². The molecule has 136 valence electrons. The molecule has 2 heterocycles. The molecule has 7 nitrogen and oxygen atoms in total. The maximum Gasteiger partial charge on any atom is 0.322 e. The fourth-order valence-electron chi connectivity index (χ4n) is 2.76. The lowest BCUT2D eigenvalue weighted by molar-refractivity contribution is 0.102. The van der Waals surface area contributed by atoms with Gasteiger partial charge in [-0.2, -0.15) is 0 Å². The Hall–Kier alpha value is -3.26. The molecule has 0 aliphatic carbocycles.